The zero-order valence-corrected chi connectivity index (χ0v) is 13.3. The number of rotatable bonds is 4. The van der Waals surface area contributed by atoms with Gasteiger partial charge in [-0.15, -0.1) is 0 Å². The minimum Gasteiger partial charge on any atom is -0.483 e. The van der Waals surface area contributed by atoms with E-state index in [1.54, 1.807) is 18.2 Å². The molecule has 2 aromatic carbocycles. The molecule has 0 saturated heterocycles. The second kappa shape index (κ2) is 6.81. The summed E-state index contributed by atoms with van der Waals surface area (Å²) in [6, 6.07) is 12.4. The number of carbonyl (C=O) groups is 1. The molecule has 0 fully saturated rings. The molecule has 0 aliphatic heterocycles. The van der Waals surface area contributed by atoms with Crippen LogP contribution in [0.25, 0.3) is 0 Å². The number of amides is 1. The lowest BCUT2D eigenvalue weighted by molar-refractivity contribution is -0.118. The van der Waals surface area contributed by atoms with Gasteiger partial charge >= 0.3 is 0 Å². The van der Waals surface area contributed by atoms with E-state index in [4.69, 9.17) is 22.1 Å². The number of para-hydroxylation sites is 1. The average molecular weight is 403 g/mol. The predicted molar refractivity (Wildman–Crippen MR) is 89.1 cm³/mol. The molecule has 1 amide bonds. The van der Waals surface area contributed by atoms with Crippen LogP contribution >= 0.6 is 34.2 Å². The molecule has 0 aromatic heterocycles. The molecule has 3 N–H and O–H groups in total. The Morgan fingerprint density at radius 2 is 2.05 bits per heavy atom. The monoisotopic (exact) mass is 402 g/mol. The van der Waals surface area contributed by atoms with Crippen molar-refractivity contribution in [2.24, 2.45) is 0 Å². The Kier molecular flexibility index (Phi) is 5.08. The van der Waals surface area contributed by atoms with Crippen LogP contribution in [0.15, 0.2) is 42.5 Å². The van der Waals surface area contributed by atoms with Crippen LogP contribution in [0.1, 0.15) is 0 Å². The van der Waals surface area contributed by atoms with Crippen LogP contribution in [0.4, 0.5) is 11.4 Å². The van der Waals surface area contributed by atoms with Crippen molar-refractivity contribution in [3.8, 4) is 5.75 Å². The van der Waals surface area contributed by atoms with Gasteiger partial charge in [0.2, 0.25) is 0 Å². The Hall–Kier alpha value is -1.47. The SMILES string of the molecule is Nc1cc(NC(=O)COc2ccccc2I)ccc1Cl. The van der Waals surface area contributed by atoms with Gasteiger partial charge in [0.1, 0.15) is 5.75 Å². The third kappa shape index (κ3) is 4.01. The zero-order chi connectivity index (χ0) is 14.5. The first-order chi connectivity index (χ1) is 9.56. The van der Waals surface area contributed by atoms with Gasteiger partial charge in [-0.3, -0.25) is 4.79 Å². The molecule has 0 spiro atoms. The van der Waals surface area contributed by atoms with Crippen LogP contribution in [0.2, 0.25) is 5.02 Å². The number of nitrogens with one attached hydrogen (secondary N) is 1. The molecule has 0 radical (unpaired) electrons. The number of halogens is 2. The minimum absolute atomic E-state index is 0.0669. The van der Waals surface area contributed by atoms with Gasteiger partial charge in [0.15, 0.2) is 6.61 Å². The second-order valence-corrected chi connectivity index (χ2v) is 5.57. The number of nitrogen functional groups attached to an aromatic ring is 1. The molecular weight excluding hydrogens is 391 g/mol. The number of hydrogen-bond donors (Lipinski definition) is 2. The molecule has 104 valence electrons. The maximum absolute atomic E-state index is 11.8. The van der Waals surface area contributed by atoms with Gasteiger partial charge in [0.25, 0.3) is 5.91 Å². The molecule has 0 aliphatic carbocycles. The van der Waals surface area contributed by atoms with Gasteiger partial charge in [-0.05, 0) is 52.9 Å². The van der Waals surface area contributed by atoms with Crippen LogP contribution in [-0.4, -0.2) is 12.5 Å². The average Bonchev–Trinajstić information content (AvgIpc) is 2.42. The molecule has 4 nitrogen and oxygen atoms in total. The van der Waals surface area contributed by atoms with Gasteiger partial charge in [-0.1, -0.05) is 23.7 Å². The van der Waals surface area contributed by atoms with E-state index >= 15 is 0 Å². The maximum Gasteiger partial charge on any atom is 0.262 e. The highest BCUT2D eigenvalue weighted by molar-refractivity contribution is 14.1. The van der Waals surface area contributed by atoms with Gasteiger partial charge in [0, 0.05) is 5.69 Å². The van der Waals surface area contributed by atoms with Crippen LogP contribution in [0.3, 0.4) is 0 Å². The lowest BCUT2D eigenvalue weighted by Gasteiger charge is -2.09. The summed E-state index contributed by atoms with van der Waals surface area (Å²) in [5.41, 5.74) is 6.67. The van der Waals surface area contributed by atoms with Crippen LogP contribution in [0.5, 0.6) is 5.75 Å². The summed E-state index contributed by atoms with van der Waals surface area (Å²) in [4.78, 5) is 11.8. The van der Waals surface area contributed by atoms with Crippen molar-refractivity contribution in [3.05, 3.63) is 51.1 Å². The minimum atomic E-state index is -0.258. The quantitative estimate of drug-likeness (QED) is 0.607. The van der Waals surface area contributed by atoms with Crippen LogP contribution in [-0.2, 0) is 4.79 Å². The number of nitrogens with two attached hydrogens (primary N) is 1. The number of benzene rings is 2. The Bertz CT molecular complexity index is 634. The molecule has 0 bridgehead atoms. The Morgan fingerprint density at radius 3 is 2.75 bits per heavy atom. The molecule has 2 rings (SSSR count). The smallest absolute Gasteiger partial charge is 0.262 e. The summed E-state index contributed by atoms with van der Waals surface area (Å²) in [6.45, 7) is -0.0669. The predicted octanol–water partition coefficient (Wildman–Crippen LogP) is 3.54. The van der Waals surface area contributed by atoms with Gasteiger partial charge in [-0.25, -0.2) is 0 Å². The number of hydrogen-bond acceptors (Lipinski definition) is 3. The Morgan fingerprint density at radius 1 is 1.30 bits per heavy atom. The first-order valence-corrected chi connectivity index (χ1v) is 7.24. The first-order valence-electron chi connectivity index (χ1n) is 5.78. The molecule has 20 heavy (non-hydrogen) atoms. The lowest BCUT2D eigenvalue weighted by atomic mass is 10.3. The first kappa shape index (κ1) is 14.9. The highest BCUT2D eigenvalue weighted by Gasteiger charge is 2.06. The second-order valence-electron chi connectivity index (χ2n) is 4.00. The zero-order valence-electron chi connectivity index (χ0n) is 10.4. The molecule has 2 aromatic rings. The molecule has 0 unspecified atom stereocenters. The third-order valence-electron chi connectivity index (χ3n) is 2.48. The maximum atomic E-state index is 11.8. The van der Waals surface area contributed by atoms with Crippen molar-refractivity contribution in [1.82, 2.24) is 0 Å². The molecule has 0 heterocycles. The van der Waals surface area contributed by atoms with E-state index in [1.165, 1.54) is 0 Å². The fraction of sp³-hybridized carbons (Fsp3) is 0.0714. The molecule has 0 aliphatic rings. The van der Waals surface area contributed by atoms with Crippen LogP contribution in [0, 0.1) is 3.57 Å². The van der Waals surface area contributed by atoms with E-state index < -0.39 is 0 Å². The van der Waals surface area contributed by atoms with E-state index in [0.717, 1.165) is 3.57 Å². The summed E-state index contributed by atoms with van der Waals surface area (Å²) < 4.78 is 6.40. The van der Waals surface area contributed by atoms with Crippen LogP contribution < -0.4 is 15.8 Å². The van der Waals surface area contributed by atoms with Gasteiger partial charge < -0.3 is 15.8 Å². The number of ether oxygens (including phenoxy) is 1. The third-order valence-corrected chi connectivity index (χ3v) is 3.71. The molecule has 0 atom stereocenters. The van der Waals surface area contributed by atoms with Crippen molar-refractivity contribution in [3.63, 3.8) is 0 Å². The summed E-state index contributed by atoms with van der Waals surface area (Å²) in [6.07, 6.45) is 0. The standard InChI is InChI=1S/C14H12ClIN2O2/c15-10-6-5-9(7-12(10)17)18-14(19)8-20-13-4-2-1-3-11(13)16/h1-7H,8,17H2,(H,18,19). The number of carbonyl (C=O) groups excluding carboxylic acids is 1. The van der Waals surface area contributed by atoms with Crippen molar-refractivity contribution >= 4 is 51.5 Å². The number of anilines is 2. The van der Waals surface area contributed by atoms with Gasteiger partial charge in [-0.2, -0.15) is 0 Å². The van der Waals surface area contributed by atoms with E-state index in [1.807, 2.05) is 24.3 Å². The van der Waals surface area contributed by atoms with Crippen molar-refractivity contribution in [2.45, 2.75) is 0 Å². The molecule has 6 heteroatoms. The normalized spacial score (nSPS) is 10.1. The largest absolute Gasteiger partial charge is 0.483 e. The molecule has 0 saturated carbocycles. The van der Waals surface area contributed by atoms with Crippen molar-refractivity contribution in [1.29, 1.82) is 0 Å². The van der Waals surface area contributed by atoms with E-state index in [2.05, 4.69) is 27.9 Å². The highest BCUT2D eigenvalue weighted by Crippen LogP contribution is 2.22. The summed E-state index contributed by atoms with van der Waals surface area (Å²) in [5.74, 6) is 0.422. The van der Waals surface area contributed by atoms with Crippen molar-refractivity contribution < 1.29 is 9.53 Å². The summed E-state index contributed by atoms with van der Waals surface area (Å²) >= 11 is 7.96. The van der Waals surface area contributed by atoms with Gasteiger partial charge in [0.05, 0.1) is 14.3 Å². The fourth-order valence-electron chi connectivity index (χ4n) is 1.52. The summed E-state index contributed by atoms with van der Waals surface area (Å²) in [5, 5.41) is 3.15. The van der Waals surface area contributed by atoms with E-state index in [9.17, 15) is 4.79 Å². The Labute approximate surface area is 135 Å². The Balaban J connectivity index is 1.93. The van der Waals surface area contributed by atoms with E-state index in [0.29, 0.717) is 22.1 Å². The lowest BCUT2D eigenvalue weighted by Crippen LogP contribution is -2.20. The summed E-state index contributed by atoms with van der Waals surface area (Å²) in [7, 11) is 0. The topological polar surface area (TPSA) is 64.3 Å². The van der Waals surface area contributed by atoms with Crippen molar-refractivity contribution in [2.75, 3.05) is 17.7 Å². The fourth-order valence-corrected chi connectivity index (χ4v) is 2.18. The highest BCUT2D eigenvalue weighted by atomic mass is 127. The molecular formula is C14H12ClIN2O2. The van der Waals surface area contributed by atoms with E-state index in [-0.39, 0.29) is 12.5 Å².